The van der Waals surface area contributed by atoms with Crippen molar-refractivity contribution in [2.24, 2.45) is 0 Å². The number of hydrogen-bond donors (Lipinski definition) is 3. The lowest BCUT2D eigenvalue weighted by Crippen LogP contribution is -2.15. The Bertz CT molecular complexity index is 1110. The van der Waals surface area contributed by atoms with Gasteiger partial charge in [0.2, 0.25) is 5.91 Å². The van der Waals surface area contributed by atoms with E-state index in [9.17, 15) is 4.79 Å². The van der Waals surface area contributed by atoms with Gasteiger partial charge in [0.1, 0.15) is 18.2 Å². The number of fused-ring (bicyclic) bond motifs is 1. The predicted octanol–water partition coefficient (Wildman–Crippen LogP) is 3.37. The second-order valence-electron chi connectivity index (χ2n) is 8.21. The van der Waals surface area contributed by atoms with Gasteiger partial charge in [-0.2, -0.15) is 0 Å². The smallest absolute Gasteiger partial charge is 0.228 e. The van der Waals surface area contributed by atoms with Crippen LogP contribution < -0.4 is 21.1 Å². The lowest BCUT2D eigenvalue weighted by molar-refractivity contribution is -0.115. The second-order valence-corrected chi connectivity index (χ2v) is 8.21. The summed E-state index contributed by atoms with van der Waals surface area (Å²) < 4.78 is 22.1. The van der Waals surface area contributed by atoms with E-state index in [1.807, 2.05) is 48.7 Å². The summed E-state index contributed by atoms with van der Waals surface area (Å²) in [5.41, 5.74) is 10.3. The Hall–Kier alpha value is -3.66. The van der Waals surface area contributed by atoms with Crippen LogP contribution in [-0.4, -0.2) is 63.7 Å². The van der Waals surface area contributed by atoms with Gasteiger partial charge in [-0.1, -0.05) is 6.07 Å². The largest absolute Gasteiger partial charge is 0.491 e. The molecule has 1 aliphatic heterocycles. The van der Waals surface area contributed by atoms with Gasteiger partial charge >= 0.3 is 0 Å². The Morgan fingerprint density at radius 3 is 2.25 bits per heavy atom. The van der Waals surface area contributed by atoms with E-state index in [0.29, 0.717) is 64.9 Å². The fourth-order valence-electron chi connectivity index (χ4n) is 3.65. The molecule has 0 fully saturated rings. The highest BCUT2D eigenvalue weighted by Crippen LogP contribution is 2.29. The number of amides is 1. The number of pyridine rings is 1. The molecule has 0 aliphatic carbocycles. The van der Waals surface area contributed by atoms with E-state index >= 15 is 0 Å². The lowest BCUT2D eigenvalue weighted by Gasteiger charge is -2.09. The molecule has 36 heavy (non-hydrogen) atoms. The van der Waals surface area contributed by atoms with E-state index in [2.05, 4.69) is 15.6 Å². The molecule has 190 valence electrons. The molecule has 0 unspecified atom stereocenters. The van der Waals surface area contributed by atoms with Crippen LogP contribution in [0.15, 0.2) is 60.8 Å². The number of ether oxygens (including phenoxy) is 4. The fraction of sp³-hybridized carbons (Fsp3) is 0.333. The number of carbonyl (C=O) groups excluding carboxylic acids is 1. The number of nitrogens with one attached hydrogen (secondary N) is 2. The van der Waals surface area contributed by atoms with Crippen molar-refractivity contribution in [1.29, 1.82) is 0 Å². The molecular formula is C27H32N4O5. The number of aromatic nitrogens is 1. The Morgan fingerprint density at radius 2 is 1.53 bits per heavy atom. The summed E-state index contributed by atoms with van der Waals surface area (Å²) in [6.07, 6.45) is 2.26. The van der Waals surface area contributed by atoms with Crippen LogP contribution in [-0.2, 0) is 25.4 Å². The summed E-state index contributed by atoms with van der Waals surface area (Å²) in [5, 5.41) is 6.10. The fourth-order valence-corrected chi connectivity index (χ4v) is 3.65. The number of benzene rings is 2. The highest BCUT2D eigenvalue weighted by Gasteiger charge is 2.17. The predicted molar refractivity (Wildman–Crippen MR) is 139 cm³/mol. The van der Waals surface area contributed by atoms with Crippen LogP contribution >= 0.6 is 0 Å². The summed E-state index contributed by atoms with van der Waals surface area (Å²) in [7, 11) is 0. The van der Waals surface area contributed by atoms with Crippen molar-refractivity contribution in [3.63, 3.8) is 0 Å². The Balaban J connectivity index is 0.991. The minimum Gasteiger partial charge on any atom is -0.491 e. The Labute approximate surface area is 210 Å². The van der Waals surface area contributed by atoms with Crippen molar-refractivity contribution in [2.45, 2.75) is 6.42 Å². The van der Waals surface area contributed by atoms with Gasteiger partial charge in [0.05, 0.1) is 46.1 Å². The van der Waals surface area contributed by atoms with Gasteiger partial charge in [-0.3, -0.25) is 4.79 Å². The molecule has 0 spiro atoms. The lowest BCUT2D eigenvalue weighted by atomic mass is 10.0. The molecule has 2 aromatic carbocycles. The van der Waals surface area contributed by atoms with Crippen LogP contribution in [0.2, 0.25) is 0 Å². The number of nitrogens with two attached hydrogens (primary N) is 1. The molecule has 0 saturated heterocycles. The Morgan fingerprint density at radius 1 is 0.833 bits per heavy atom. The molecule has 0 radical (unpaired) electrons. The van der Waals surface area contributed by atoms with Gasteiger partial charge in [-0.15, -0.1) is 0 Å². The van der Waals surface area contributed by atoms with Crippen LogP contribution in [0.4, 0.5) is 17.2 Å². The van der Waals surface area contributed by atoms with Gasteiger partial charge in [0.25, 0.3) is 0 Å². The van der Waals surface area contributed by atoms with Crippen LogP contribution in [0.1, 0.15) is 5.56 Å². The molecule has 2 heterocycles. The van der Waals surface area contributed by atoms with Crippen LogP contribution in [0.5, 0.6) is 5.75 Å². The monoisotopic (exact) mass is 492 g/mol. The summed E-state index contributed by atoms with van der Waals surface area (Å²) >= 11 is 0. The van der Waals surface area contributed by atoms with Crippen molar-refractivity contribution in [3.8, 4) is 16.9 Å². The number of nitrogen functional groups attached to an aromatic ring is 1. The van der Waals surface area contributed by atoms with Crippen LogP contribution in [0, 0.1) is 0 Å². The van der Waals surface area contributed by atoms with Crippen molar-refractivity contribution in [3.05, 3.63) is 66.4 Å². The van der Waals surface area contributed by atoms with Crippen molar-refractivity contribution in [1.82, 2.24) is 4.98 Å². The third-order valence-electron chi connectivity index (χ3n) is 5.50. The number of nitrogens with zero attached hydrogens (tertiary/aromatic N) is 1. The van der Waals surface area contributed by atoms with E-state index in [1.165, 1.54) is 0 Å². The van der Waals surface area contributed by atoms with Gasteiger partial charge in [-0.25, -0.2) is 4.98 Å². The first-order valence-electron chi connectivity index (χ1n) is 12.0. The van der Waals surface area contributed by atoms with Gasteiger partial charge < -0.3 is 35.3 Å². The Kier molecular flexibility index (Phi) is 9.49. The normalized spacial score (nSPS) is 12.3. The molecule has 4 N–H and O–H groups in total. The van der Waals surface area contributed by atoms with Gasteiger partial charge in [0.15, 0.2) is 0 Å². The third-order valence-corrected chi connectivity index (χ3v) is 5.50. The molecule has 9 nitrogen and oxygen atoms in total. The van der Waals surface area contributed by atoms with E-state index < -0.39 is 0 Å². The number of anilines is 3. The zero-order valence-electron chi connectivity index (χ0n) is 20.2. The maximum Gasteiger partial charge on any atom is 0.228 e. The maximum absolute atomic E-state index is 11.5. The van der Waals surface area contributed by atoms with E-state index in [4.69, 9.17) is 24.7 Å². The summed E-state index contributed by atoms with van der Waals surface area (Å²) in [4.78, 5) is 16.0. The summed E-state index contributed by atoms with van der Waals surface area (Å²) in [5.74, 6) is 1.60. The zero-order valence-corrected chi connectivity index (χ0v) is 20.2. The summed E-state index contributed by atoms with van der Waals surface area (Å²) in [6, 6.07) is 17.2. The molecule has 1 amide bonds. The quantitative estimate of drug-likeness (QED) is 0.218. The van der Waals surface area contributed by atoms with E-state index in [-0.39, 0.29) is 5.91 Å². The first-order chi connectivity index (χ1) is 17.7. The average Bonchev–Trinajstić information content (AvgIpc) is 3.27. The topological polar surface area (TPSA) is 117 Å². The number of hydrogen-bond acceptors (Lipinski definition) is 8. The highest BCUT2D eigenvalue weighted by molar-refractivity contribution is 5.99. The van der Waals surface area contributed by atoms with E-state index in [0.717, 1.165) is 33.9 Å². The maximum atomic E-state index is 11.5. The molecule has 1 aliphatic rings. The molecule has 9 heteroatoms. The second kappa shape index (κ2) is 13.4. The third kappa shape index (κ3) is 7.94. The molecule has 0 bridgehead atoms. The zero-order chi connectivity index (χ0) is 25.0. The first kappa shape index (κ1) is 25.4. The van der Waals surface area contributed by atoms with Crippen LogP contribution in [0.25, 0.3) is 11.1 Å². The minimum absolute atomic E-state index is 0.0374. The molecule has 4 rings (SSSR count). The summed E-state index contributed by atoms with van der Waals surface area (Å²) in [6.45, 7) is 4.23. The standard InChI is InChI=1S/C27H32N4O5/c28-23-3-5-24(6-4-23)36-16-15-35-14-13-34-12-11-33-10-9-29-26-8-2-21(19-30-26)20-1-7-25-22(17-20)18-27(32)31-25/h1-8,17,19H,9-16,18,28H2,(H,29,30)(H,31,32). The van der Waals surface area contributed by atoms with Gasteiger partial charge in [0, 0.05) is 29.7 Å². The minimum atomic E-state index is 0.0374. The first-order valence-corrected chi connectivity index (χ1v) is 12.0. The molecule has 1 aromatic heterocycles. The van der Waals surface area contributed by atoms with Crippen molar-refractivity contribution < 1.29 is 23.7 Å². The SMILES string of the molecule is Nc1ccc(OCCOCCOCCOCCNc2ccc(-c3ccc4c(c3)CC(=O)N4)cn2)cc1. The number of carbonyl (C=O) groups is 1. The molecule has 3 aromatic rings. The number of rotatable bonds is 15. The van der Waals surface area contributed by atoms with E-state index in [1.54, 1.807) is 12.1 Å². The average molecular weight is 493 g/mol. The highest BCUT2D eigenvalue weighted by atomic mass is 16.6. The molecule has 0 atom stereocenters. The van der Waals surface area contributed by atoms with Crippen LogP contribution in [0.3, 0.4) is 0 Å². The van der Waals surface area contributed by atoms with Crippen molar-refractivity contribution >= 4 is 23.1 Å². The molecular weight excluding hydrogens is 460 g/mol. The van der Waals surface area contributed by atoms with Crippen molar-refractivity contribution in [2.75, 3.05) is 69.2 Å². The van der Waals surface area contributed by atoms with Gasteiger partial charge in [-0.05, 0) is 59.7 Å². The molecule has 0 saturated carbocycles.